The fraction of sp³-hybridized carbons (Fsp3) is 0.538. The Kier molecular flexibility index (Phi) is 2.86. The highest BCUT2D eigenvalue weighted by molar-refractivity contribution is 5.68. The van der Waals surface area contributed by atoms with E-state index in [2.05, 4.69) is 4.90 Å². The van der Waals surface area contributed by atoms with E-state index >= 15 is 0 Å². The molecule has 1 saturated carbocycles. The number of nitrogens with zero attached hydrogens (tertiary/aromatic N) is 2. The van der Waals surface area contributed by atoms with Crippen LogP contribution in [-0.2, 0) is 0 Å². The van der Waals surface area contributed by atoms with Gasteiger partial charge in [-0.15, -0.1) is 0 Å². The first kappa shape index (κ1) is 11.7. The average molecular weight is 253 g/mol. The highest BCUT2D eigenvalue weighted by Gasteiger charge is 2.32. The largest absolute Gasteiger partial charge is 0.397 e. The number of nitrogen functional groups attached to an aromatic ring is 1. The third-order valence-electron chi connectivity index (χ3n) is 3.79. The van der Waals surface area contributed by atoms with Crippen molar-refractivity contribution >= 4 is 11.4 Å². The summed E-state index contributed by atoms with van der Waals surface area (Å²) in [5.41, 5.74) is 6.31. The second-order valence-corrected chi connectivity index (χ2v) is 5.05. The maximum Gasteiger partial charge on any atom is 0.184 e. The van der Waals surface area contributed by atoms with Crippen LogP contribution in [0.25, 0.3) is 0 Å². The first-order valence-corrected chi connectivity index (χ1v) is 6.39. The van der Waals surface area contributed by atoms with Crippen molar-refractivity contribution < 1.29 is 8.78 Å². The number of halogens is 2. The minimum atomic E-state index is -0.830. The lowest BCUT2D eigenvalue weighted by atomic mass is 10.2. The van der Waals surface area contributed by atoms with Gasteiger partial charge in [0.05, 0.1) is 11.4 Å². The average Bonchev–Trinajstić information content (AvgIpc) is 3.20. The van der Waals surface area contributed by atoms with Crippen molar-refractivity contribution in [2.45, 2.75) is 18.9 Å². The van der Waals surface area contributed by atoms with E-state index in [-0.39, 0.29) is 5.69 Å². The van der Waals surface area contributed by atoms with Crippen LogP contribution in [0.1, 0.15) is 12.8 Å². The van der Waals surface area contributed by atoms with Crippen LogP contribution in [0, 0.1) is 11.6 Å². The molecule has 3 rings (SSSR count). The van der Waals surface area contributed by atoms with Crippen LogP contribution >= 0.6 is 0 Å². The van der Waals surface area contributed by atoms with Crippen LogP contribution in [0.5, 0.6) is 0 Å². The zero-order chi connectivity index (χ0) is 12.7. The zero-order valence-corrected chi connectivity index (χ0v) is 10.2. The maximum atomic E-state index is 13.8. The predicted octanol–water partition coefficient (Wildman–Crippen LogP) is 1.83. The molecule has 2 fully saturated rings. The number of hydrogen-bond acceptors (Lipinski definition) is 3. The molecule has 5 heteroatoms. The number of rotatable bonds is 2. The fourth-order valence-corrected chi connectivity index (χ4v) is 2.63. The Morgan fingerprint density at radius 3 is 2.33 bits per heavy atom. The Bertz CT molecular complexity index is 452. The van der Waals surface area contributed by atoms with Gasteiger partial charge in [0.2, 0.25) is 0 Å². The Hall–Kier alpha value is -1.36. The van der Waals surface area contributed by atoms with Crippen molar-refractivity contribution in [3.05, 3.63) is 23.8 Å². The van der Waals surface area contributed by atoms with Gasteiger partial charge in [-0.3, -0.25) is 4.90 Å². The standard InChI is InChI=1S/C13H17F2N3/c14-10-3-4-11(16)13(12(10)15)18-7-5-17(6-8-18)9-1-2-9/h3-4,9H,1-2,5-8,16H2. The van der Waals surface area contributed by atoms with E-state index < -0.39 is 11.6 Å². The van der Waals surface area contributed by atoms with Gasteiger partial charge < -0.3 is 10.6 Å². The van der Waals surface area contributed by atoms with E-state index in [1.807, 2.05) is 4.90 Å². The fourth-order valence-electron chi connectivity index (χ4n) is 2.63. The van der Waals surface area contributed by atoms with E-state index in [1.54, 1.807) is 0 Å². The monoisotopic (exact) mass is 253 g/mol. The molecule has 0 aromatic heterocycles. The van der Waals surface area contributed by atoms with Crippen molar-refractivity contribution in [2.24, 2.45) is 0 Å². The molecule has 1 heterocycles. The summed E-state index contributed by atoms with van der Waals surface area (Å²) >= 11 is 0. The lowest BCUT2D eigenvalue weighted by Crippen LogP contribution is -2.47. The molecule has 1 aliphatic heterocycles. The van der Waals surface area contributed by atoms with Gasteiger partial charge in [0.15, 0.2) is 11.6 Å². The van der Waals surface area contributed by atoms with E-state index in [0.717, 1.165) is 25.2 Å². The van der Waals surface area contributed by atoms with Crippen molar-refractivity contribution in [2.75, 3.05) is 36.8 Å². The minimum absolute atomic E-state index is 0.227. The number of nitrogens with two attached hydrogens (primary N) is 1. The SMILES string of the molecule is Nc1ccc(F)c(F)c1N1CCN(C2CC2)CC1. The Morgan fingerprint density at radius 2 is 1.72 bits per heavy atom. The highest BCUT2D eigenvalue weighted by atomic mass is 19.2. The molecule has 18 heavy (non-hydrogen) atoms. The third kappa shape index (κ3) is 2.03. The Balaban J connectivity index is 1.77. The van der Waals surface area contributed by atoms with Crippen LogP contribution in [0.3, 0.4) is 0 Å². The molecule has 0 amide bonds. The lowest BCUT2D eigenvalue weighted by molar-refractivity contribution is 0.247. The normalized spacial score (nSPS) is 21.3. The first-order chi connectivity index (χ1) is 8.66. The van der Waals surface area contributed by atoms with Crippen molar-refractivity contribution in [3.63, 3.8) is 0 Å². The molecule has 2 aliphatic rings. The molecule has 1 saturated heterocycles. The number of benzene rings is 1. The lowest BCUT2D eigenvalue weighted by Gasteiger charge is -2.36. The molecule has 2 N–H and O–H groups in total. The number of hydrogen-bond donors (Lipinski definition) is 1. The van der Waals surface area contributed by atoms with Gasteiger partial charge >= 0.3 is 0 Å². The molecule has 0 bridgehead atoms. The van der Waals surface area contributed by atoms with Gasteiger partial charge in [-0.25, -0.2) is 8.78 Å². The molecular formula is C13H17F2N3. The summed E-state index contributed by atoms with van der Waals surface area (Å²) in [6, 6.07) is 3.23. The van der Waals surface area contributed by atoms with Gasteiger partial charge in [0, 0.05) is 32.2 Å². The van der Waals surface area contributed by atoms with E-state index in [0.29, 0.717) is 18.8 Å². The summed E-state index contributed by atoms with van der Waals surface area (Å²) in [6.07, 6.45) is 2.55. The molecular weight excluding hydrogens is 236 g/mol. The summed E-state index contributed by atoms with van der Waals surface area (Å²) in [5.74, 6) is -1.65. The first-order valence-electron chi connectivity index (χ1n) is 6.39. The number of anilines is 2. The highest BCUT2D eigenvalue weighted by Crippen LogP contribution is 2.32. The molecule has 0 atom stereocenters. The number of piperazine rings is 1. The molecule has 3 nitrogen and oxygen atoms in total. The van der Waals surface area contributed by atoms with Crippen LogP contribution in [0.2, 0.25) is 0 Å². The van der Waals surface area contributed by atoms with Crippen LogP contribution in [0.15, 0.2) is 12.1 Å². The summed E-state index contributed by atoms with van der Waals surface area (Å²) in [6.45, 7) is 3.22. The van der Waals surface area contributed by atoms with Crippen LogP contribution in [-0.4, -0.2) is 37.1 Å². The molecule has 98 valence electrons. The van der Waals surface area contributed by atoms with Gasteiger partial charge in [0.1, 0.15) is 0 Å². The van der Waals surface area contributed by atoms with Gasteiger partial charge in [-0.1, -0.05) is 0 Å². The second kappa shape index (κ2) is 4.39. The smallest absolute Gasteiger partial charge is 0.184 e. The maximum absolute atomic E-state index is 13.8. The van der Waals surface area contributed by atoms with Gasteiger partial charge in [0.25, 0.3) is 0 Å². The topological polar surface area (TPSA) is 32.5 Å². The predicted molar refractivity (Wildman–Crippen MR) is 67.6 cm³/mol. The molecule has 0 radical (unpaired) electrons. The Morgan fingerprint density at radius 1 is 1.06 bits per heavy atom. The van der Waals surface area contributed by atoms with E-state index in [9.17, 15) is 8.78 Å². The third-order valence-corrected chi connectivity index (χ3v) is 3.79. The molecule has 0 unspecified atom stereocenters. The second-order valence-electron chi connectivity index (χ2n) is 5.05. The zero-order valence-electron chi connectivity index (χ0n) is 10.2. The van der Waals surface area contributed by atoms with Crippen LogP contribution in [0.4, 0.5) is 20.2 Å². The molecule has 0 spiro atoms. The summed E-state index contributed by atoms with van der Waals surface area (Å²) in [7, 11) is 0. The quantitative estimate of drug-likeness (QED) is 0.816. The summed E-state index contributed by atoms with van der Waals surface area (Å²) < 4.78 is 27.1. The van der Waals surface area contributed by atoms with Gasteiger partial charge in [-0.2, -0.15) is 0 Å². The van der Waals surface area contributed by atoms with Crippen molar-refractivity contribution in [1.29, 1.82) is 0 Å². The van der Waals surface area contributed by atoms with Crippen molar-refractivity contribution in [3.8, 4) is 0 Å². The molecule has 1 aromatic carbocycles. The minimum Gasteiger partial charge on any atom is -0.397 e. The Labute approximate surface area is 105 Å². The van der Waals surface area contributed by atoms with Crippen LogP contribution < -0.4 is 10.6 Å². The van der Waals surface area contributed by atoms with E-state index in [1.165, 1.54) is 18.9 Å². The summed E-state index contributed by atoms with van der Waals surface area (Å²) in [4.78, 5) is 4.27. The van der Waals surface area contributed by atoms with E-state index in [4.69, 9.17) is 5.73 Å². The van der Waals surface area contributed by atoms with Crippen molar-refractivity contribution in [1.82, 2.24) is 4.90 Å². The van der Waals surface area contributed by atoms with Gasteiger partial charge in [-0.05, 0) is 25.0 Å². The molecule has 1 aromatic rings. The summed E-state index contributed by atoms with van der Waals surface area (Å²) in [5, 5.41) is 0. The molecule has 1 aliphatic carbocycles.